The maximum atomic E-state index is 13.6. The lowest BCUT2D eigenvalue weighted by Crippen LogP contribution is -2.44. The van der Waals surface area contributed by atoms with Gasteiger partial charge in [-0.15, -0.1) is 5.10 Å². The van der Waals surface area contributed by atoms with E-state index in [1.807, 2.05) is 39.1 Å². The zero-order chi connectivity index (χ0) is 46.9. The first-order valence-electron chi connectivity index (χ1n) is 23.0. The Morgan fingerprint density at radius 2 is 1.70 bits per heavy atom. The van der Waals surface area contributed by atoms with E-state index in [0.29, 0.717) is 47.4 Å². The molecule has 0 radical (unpaired) electrons. The molecule has 2 aliphatic rings. The van der Waals surface area contributed by atoms with E-state index in [9.17, 15) is 28.4 Å². The summed E-state index contributed by atoms with van der Waals surface area (Å²) in [5, 5.41) is 16.4. The first kappa shape index (κ1) is 47.1. The predicted molar refractivity (Wildman–Crippen MR) is 255 cm³/mol. The molecule has 1 aromatic carbocycles. The van der Waals surface area contributed by atoms with Crippen molar-refractivity contribution < 1.29 is 18.8 Å². The number of hydrogen-bond donors (Lipinski definition) is 4. The largest absolute Gasteiger partial charge is 0.385 e. The van der Waals surface area contributed by atoms with Crippen molar-refractivity contribution >= 4 is 57.2 Å². The fourth-order valence-electron chi connectivity index (χ4n) is 8.32. The standard InChI is InChI=1S/C45H53N11O5.C4H7F/c1-5-15-29(2)36-28-49-41-33(46-3)26-37(52-56(36)41)50-32-18-14-25-54(44(32)60)38-22-20-31(27-48-38)42(58)47-24-12-10-8-6-7-9-11-16-30-17-13-19-34-40(30)53(4)45(61)55(34)35-21-23-39(57)51-43(35)59;1-3-2-4(3)5/h13-15,17-20,22,25-28,35,46H,5-12,16,21,23-24H2,1-4H3,(H,47,58)(H,50,52)(H,51,57,59);3-4H,2H2,1H3/b29-15+;/t;3-,4+/m.1/s1. The zero-order valence-corrected chi connectivity index (χ0v) is 38.4. The molecule has 0 spiro atoms. The van der Waals surface area contributed by atoms with Crippen molar-refractivity contribution in [2.75, 3.05) is 24.2 Å². The van der Waals surface area contributed by atoms with Crippen LogP contribution in [0.25, 0.3) is 28.1 Å². The molecule has 3 atom stereocenters. The minimum atomic E-state index is -0.692. The number of anilines is 3. The number of unbranched alkanes of at least 4 members (excludes halogenated alkanes) is 6. The summed E-state index contributed by atoms with van der Waals surface area (Å²) in [6, 6.07) is 13.7. The number of benzene rings is 1. The molecule has 0 bridgehead atoms. The van der Waals surface area contributed by atoms with Gasteiger partial charge in [-0.1, -0.05) is 64.2 Å². The Morgan fingerprint density at radius 3 is 2.38 bits per heavy atom. The molecule has 16 nitrogen and oxygen atoms in total. The first-order chi connectivity index (χ1) is 31.9. The molecule has 5 aromatic heterocycles. The van der Waals surface area contributed by atoms with E-state index in [1.165, 1.54) is 15.3 Å². The van der Waals surface area contributed by atoms with Crippen LogP contribution < -0.4 is 32.5 Å². The highest BCUT2D eigenvalue weighted by molar-refractivity contribution is 6.00. The fourth-order valence-corrected chi connectivity index (χ4v) is 8.32. The van der Waals surface area contributed by atoms with Crippen molar-refractivity contribution in [3.8, 4) is 5.82 Å². The zero-order valence-electron chi connectivity index (χ0n) is 38.4. The van der Waals surface area contributed by atoms with E-state index in [0.717, 1.165) is 97.8 Å². The molecule has 66 heavy (non-hydrogen) atoms. The van der Waals surface area contributed by atoms with Gasteiger partial charge in [0.1, 0.15) is 23.7 Å². The molecule has 2 fully saturated rings. The molecular weight excluding hydrogens is 842 g/mol. The molecule has 4 N–H and O–H groups in total. The molecule has 1 saturated carbocycles. The Morgan fingerprint density at radius 1 is 0.955 bits per heavy atom. The van der Waals surface area contributed by atoms with Crippen LogP contribution in [-0.2, 0) is 23.1 Å². The molecule has 8 rings (SSSR count). The molecule has 17 heteroatoms. The van der Waals surface area contributed by atoms with Crippen molar-refractivity contribution in [3.05, 3.63) is 111 Å². The topological polar surface area (TPSA) is 191 Å². The van der Waals surface area contributed by atoms with Crippen LogP contribution >= 0.6 is 0 Å². The van der Waals surface area contributed by atoms with Gasteiger partial charge >= 0.3 is 5.69 Å². The van der Waals surface area contributed by atoms with Gasteiger partial charge in [0, 0.05) is 45.5 Å². The Kier molecular flexibility index (Phi) is 15.3. The number of carbonyl (C=O) groups excluding carboxylic acids is 3. The van der Waals surface area contributed by atoms with Gasteiger partial charge in [-0.2, -0.15) is 0 Å². The number of nitrogens with one attached hydrogen (secondary N) is 4. The predicted octanol–water partition coefficient (Wildman–Crippen LogP) is 7.57. The maximum absolute atomic E-state index is 13.6. The summed E-state index contributed by atoms with van der Waals surface area (Å²) in [7, 11) is 3.55. The van der Waals surface area contributed by atoms with E-state index in [-0.39, 0.29) is 29.5 Å². The van der Waals surface area contributed by atoms with Crippen LogP contribution in [0.5, 0.6) is 0 Å². The Hall–Kier alpha value is -6.91. The van der Waals surface area contributed by atoms with Crippen LogP contribution in [0.15, 0.2) is 82.8 Å². The Labute approximate surface area is 382 Å². The number of aromatic nitrogens is 7. The summed E-state index contributed by atoms with van der Waals surface area (Å²) >= 11 is 0. The highest BCUT2D eigenvalue weighted by atomic mass is 19.1. The van der Waals surface area contributed by atoms with E-state index < -0.39 is 18.1 Å². The number of amides is 3. The Bertz CT molecular complexity index is 2850. The number of imidazole rings is 2. The SMILES string of the molecule is CC/C=C(\C)c1cnc2c(NC)cc(Nc3cccn(-c4ccc(C(=O)NCCCCCCCCCc5cccc6c5n(C)c(=O)n6C5CCC(=O)NC5=O)cn4)c3=O)nn12.C[C@@H]1C[C@@H]1F. The minimum Gasteiger partial charge on any atom is -0.385 e. The number of aryl methyl sites for hydroxylation is 2. The van der Waals surface area contributed by atoms with Crippen LogP contribution in [0.1, 0.15) is 119 Å². The van der Waals surface area contributed by atoms with Crippen LogP contribution in [0.3, 0.4) is 0 Å². The molecule has 1 aliphatic carbocycles. The van der Waals surface area contributed by atoms with Gasteiger partial charge in [-0.3, -0.25) is 38.2 Å². The second kappa shape index (κ2) is 21.4. The average Bonchev–Trinajstić information content (AvgIpc) is 3.66. The third kappa shape index (κ3) is 10.8. The number of pyridine rings is 2. The van der Waals surface area contributed by atoms with E-state index in [2.05, 4.69) is 44.2 Å². The van der Waals surface area contributed by atoms with Gasteiger partial charge in [-0.05, 0) is 92.8 Å². The van der Waals surface area contributed by atoms with Crippen molar-refractivity contribution in [3.63, 3.8) is 0 Å². The average molecular weight is 902 g/mol. The molecule has 1 aliphatic heterocycles. The fraction of sp³-hybridized carbons (Fsp3) is 0.429. The molecule has 348 valence electrons. The summed E-state index contributed by atoms with van der Waals surface area (Å²) in [4.78, 5) is 72.9. The van der Waals surface area contributed by atoms with Gasteiger partial charge < -0.3 is 16.0 Å². The number of fused-ring (bicyclic) bond motifs is 2. The number of rotatable bonds is 18. The summed E-state index contributed by atoms with van der Waals surface area (Å²) in [6.45, 7) is 6.57. The quantitative estimate of drug-likeness (QED) is 0.0494. The van der Waals surface area contributed by atoms with Gasteiger partial charge in [0.25, 0.3) is 11.5 Å². The summed E-state index contributed by atoms with van der Waals surface area (Å²) in [6.07, 6.45) is 16.7. The van der Waals surface area contributed by atoms with Crippen LogP contribution in [0, 0.1) is 5.92 Å². The minimum absolute atomic E-state index is 0.212. The lowest BCUT2D eigenvalue weighted by Gasteiger charge is -2.21. The van der Waals surface area contributed by atoms with E-state index in [1.54, 1.807) is 58.9 Å². The number of piperidine rings is 1. The third-order valence-electron chi connectivity index (χ3n) is 12.2. The number of para-hydroxylation sites is 1. The smallest absolute Gasteiger partial charge is 0.329 e. The third-order valence-corrected chi connectivity index (χ3v) is 12.2. The molecular formula is C49H60FN11O5. The number of hydrogen-bond acceptors (Lipinski definition) is 10. The number of carbonyl (C=O) groups is 3. The summed E-state index contributed by atoms with van der Waals surface area (Å²) < 4.78 is 17.8. The lowest BCUT2D eigenvalue weighted by atomic mass is 10.0. The van der Waals surface area contributed by atoms with Crippen LogP contribution in [0.2, 0.25) is 0 Å². The monoisotopic (exact) mass is 901 g/mol. The van der Waals surface area contributed by atoms with E-state index >= 15 is 0 Å². The van der Waals surface area contributed by atoms with E-state index in [4.69, 9.17) is 5.10 Å². The normalized spacial score (nSPS) is 17.1. The van der Waals surface area contributed by atoms with Gasteiger partial charge in [-0.25, -0.2) is 23.7 Å². The molecule has 6 heterocycles. The highest BCUT2D eigenvalue weighted by Gasteiger charge is 2.32. The molecule has 3 amide bonds. The second-order valence-corrected chi connectivity index (χ2v) is 17.2. The molecule has 1 saturated heterocycles. The van der Waals surface area contributed by atoms with Gasteiger partial charge in [0.05, 0.1) is 34.2 Å². The number of imide groups is 1. The van der Waals surface area contributed by atoms with Crippen molar-refractivity contribution in [2.24, 2.45) is 13.0 Å². The summed E-state index contributed by atoms with van der Waals surface area (Å²) in [5.41, 5.74) is 6.14. The Balaban J connectivity index is 0.00000121. The lowest BCUT2D eigenvalue weighted by molar-refractivity contribution is -0.135. The van der Waals surface area contributed by atoms with Crippen LogP contribution in [0.4, 0.5) is 21.6 Å². The number of alkyl halides is 1. The second-order valence-electron chi connectivity index (χ2n) is 17.2. The van der Waals surface area contributed by atoms with Gasteiger partial charge in [0.2, 0.25) is 11.8 Å². The number of allylic oxidation sites excluding steroid dienone is 2. The van der Waals surface area contributed by atoms with Crippen molar-refractivity contribution in [2.45, 2.75) is 110 Å². The molecule has 6 aromatic rings. The van der Waals surface area contributed by atoms with Crippen molar-refractivity contribution in [1.29, 1.82) is 0 Å². The highest BCUT2D eigenvalue weighted by Crippen LogP contribution is 2.32. The molecule has 1 unspecified atom stereocenters. The number of nitrogens with zero attached hydrogens (tertiary/aromatic N) is 7. The van der Waals surface area contributed by atoms with Crippen molar-refractivity contribution in [1.82, 2.24) is 43.9 Å². The first-order valence-corrected chi connectivity index (χ1v) is 23.0. The van der Waals surface area contributed by atoms with Gasteiger partial charge in [0.15, 0.2) is 11.5 Å². The summed E-state index contributed by atoms with van der Waals surface area (Å²) in [5.74, 6) is 0.283. The van der Waals surface area contributed by atoms with Crippen LogP contribution in [-0.4, -0.2) is 70.8 Å². The maximum Gasteiger partial charge on any atom is 0.329 e. The number of halogens is 1.